The van der Waals surface area contributed by atoms with Crippen molar-refractivity contribution in [1.29, 1.82) is 0 Å². The minimum atomic E-state index is 0.463. The van der Waals surface area contributed by atoms with E-state index in [0.29, 0.717) is 11.8 Å². The standard InChI is InChI=1S/C17H26N6S/c1-3-18-17(19-11-13(2)15-5-4-10-24-15)23-8-6-14(7-9-23)16-20-12-21-22-16/h4-5,10,12-14H,3,6-9,11H2,1-2H3,(H,18,19)(H,20,21,22). The fraction of sp³-hybridized carbons (Fsp3) is 0.588. The molecule has 0 saturated carbocycles. The number of hydrogen-bond acceptors (Lipinski definition) is 4. The van der Waals surface area contributed by atoms with Gasteiger partial charge in [-0.1, -0.05) is 13.0 Å². The second-order valence-corrected chi connectivity index (χ2v) is 7.22. The molecule has 7 heteroatoms. The van der Waals surface area contributed by atoms with Crippen LogP contribution in [0.15, 0.2) is 28.8 Å². The predicted molar refractivity (Wildman–Crippen MR) is 98.6 cm³/mol. The van der Waals surface area contributed by atoms with Gasteiger partial charge < -0.3 is 10.2 Å². The number of aliphatic imine (C=N–C) groups is 1. The molecule has 1 aliphatic rings. The lowest BCUT2D eigenvalue weighted by atomic mass is 9.96. The summed E-state index contributed by atoms with van der Waals surface area (Å²) in [7, 11) is 0. The van der Waals surface area contributed by atoms with Crippen molar-refractivity contribution < 1.29 is 0 Å². The molecule has 0 spiro atoms. The summed E-state index contributed by atoms with van der Waals surface area (Å²) in [6, 6.07) is 4.31. The zero-order chi connectivity index (χ0) is 16.8. The van der Waals surface area contributed by atoms with Gasteiger partial charge in [-0.25, -0.2) is 4.98 Å². The minimum Gasteiger partial charge on any atom is -0.357 e. The number of rotatable bonds is 5. The van der Waals surface area contributed by atoms with Gasteiger partial charge in [-0.15, -0.1) is 11.3 Å². The summed E-state index contributed by atoms with van der Waals surface area (Å²) in [5.41, 5.74) is 0. The Balaban J connectivity index is 1.58. The Hall–Kier alpha value is -1.89. The second-order valence-electron chi connectivity index (χ2n) is 6.24. The lowest BCUT2D eigenvalue weighted by Crippen LogP contribution is -2.45. The van der Waals surface area contributed by atoms with Crippen LogP contribution in [0.2, 0.25) is 0 Å². The molecule has 0 aliphatic carbocycles. The first-order chi connectivity index (χ1) is 11.8. The summed E-state index contributed by atoms with van der Waals surface area (Å²) in [5, 5.41) is 12.6. The van der Waals surface area contributed by atoms with Gasteiger partial charge in [0.05, 0.1) is 6.54 Å². The van der Waals surface area contributed by atoms with E-state index in [1.165, 1.54) is 4.88 Å². The molecule has 1 fully saturated rings. The van der Waals surface area contributed by atoms with Crippen LogP contribution in [0, 0.1) is 0 Å². The Morgan fingerprint density at radius 2 is 2.33 bits per heavy atom. The monoisotopic (exact) mass is 346 g/mol. The number of guanidine groups is 1. The molecule has 2 aromatic heterocycles. The van der Waals surface area contributed by atoms with Crippen LogP contribution in [-0.4, -0.2) is 52.2 Å². The molecule has 0 amide bonds. The van der Waals surface area contributed by atoms with Crippen molar-refractivity contribution in [2.24, 2.45) is 4.99 Å². The fourth-order valence-electron chi connectivity index (χ4n) is 3.09. The van der Waals surface area contributed by atoms with E-state index >= 15 is 0 Å². The Morgan fingerprint density at radius 1 is 1.50 bits per heavy atom. The third-order valence-electron chi connectivity index (χ3n) is 4.49. The summed E-state index contributed by atoms with van der Waals surface area (Å²) in [4.78, 5) is 13.0. The average molecular weight is 347 g/mol. The maximum Gasteiger partial charge on any atom is 0.193 e. The van der Waals surface area contributed by atoms with Crippen LogP contribution in [-0.2, 0) is 0 Å². The van der Waals surface area contributed by atoms with Crippen molar-refractivity contribution in [2.75, 3.05) is 26.2 Å². The molecule has 24 heavy (non-hydrogen) atoms. The number of hydrogen-bond donors (Lipinski definition) is 2. The van der Waals surface area contributed by atoms with E-state index in [-0.39, 0.29) is 0 Å². The molecule has 2 aromatic rings. The number of aromatic amines is 1. The molecule has 3 rings (SSSR count). The van der Waals surface area contributed by atoms with E-state index in [0.717, 1.165) is 50.8 Å². The number of piperidine rings is 1. The van der Waals surface area contributed by atoms with Crippen LogP contribution < -0.4 is 5.32 Å². The van der Waals surface area contributed by atoms with E-state index in [1.54, 1.807) is 6.33 Å². The van der Waals surface area contributed by atoms with Crippen LogP contribution >= 0.6 is 11.3 Å². The van der Waals surface area contributed by atoms with Crippen LogP contribution in [0.4, 0.5) is 0 Å². The highest BCUT2D eigenvalue weighted by Crippen LogP contribution is 2.25. The van der Waals surface area contributed by atoms with Crippen molar-refractivity contribution in [3.63, 3.8) is 0 Å². The van der Waals surface area contributed by atoms with Crippen LogP contribution in [0.3, 0.4) is 0 Å². The quantitative estimate of drug-likeness (QED) is 0.645. The van der Waals surface area contributed by atoms with Crippen molar-refractivity contribution in [1.82, 2.24) is 25.4 Å². The normalized spacial score (nSPS) is 17.9. The number of nitrogens with one attached hydrogen (secondary N) is 2. The van der Waals surface area contributed by atoms with E-state index in [1.807, 2.05) is 11.3 Å². The molecular weight excluding hydrogens is 320 g/mol. The van der Waals surface area contributed by atoms with Gasteiger partial charge in [-0.05, 0) is 31.2 Å². The van der Waals surface area contributed by atoms with Crippen LogP contribution in [0.25, 0.3) is 0 Å². The van der Waals surface area contributed by atoms with Crippen molar-refractivity contribution in [2.45, 2.75) is 38.5 Å². The average Bonchev–Trinajstić information content (AvgIpc) is 3.32. The van der Waals surface area contributed by atoms with Gasteiger partial charge in [-0.3, -0.25) is 10.1 Å². The molecule has 1 unspecified atom stereocenters. The molecule has 1 atom stereocenters. The first kappa shape index (κ1) is 17.0. The largest absolute Gasteiger partial charge is 0.357 e. The van der Waals surface area contributed by atoms with Gasteiger partial charge in [0.25, 0.3) is 0 Å². The van der Waals surface area contributed by atoms with Gasteiger partial charge in [-0.2, -0.15) is 5.10 Å². The predicted octanol–water partition coefficient (Wildman–Crippen LogP) is 2.81. The maximum absolute atomic E-state index is 4.88. The van der Waals surface area contributed by atoms with Crippen LogP contribution in [0.1, 0.15) is 49.2 Å². The topological polar surface area (TPSA) is 69.2 Å². The van der Waals surface area contributed by atoms with Gasteiger partial charge >= 0.3 is 0 Å². The lowest BCUT2D eigenvalue weighted by Gasteiger charge is -2.33. The van der Waals surface area contributed by atoms with E-state index < -0.39 is 0 Å². The van der Waals surface area contributed by atoms with Crippen molar-refractivity contribution in [3.8, 4) is 0 Å². The first-order valence-electron chi connectivity index (χ1n) is 8.69. The second kappa shape index (κ2) is 8.28. The van der Waals surface area contributed by atoms with Crippen LogP contribution in [0.5, 0.6) is 0 Å². The fourth-order valence-corrected chi connectivity index (χ4v) is 3.87. The van der Waals surface area contributed by atoms with Gasteiger partial charge in [0.2, 0.25) is 0 Å². The summed E-state index contributed by atoms with van der Waals surface area (Å²) in [6.07, 6.45) is 3.76. The minimum absolute atomic E-state index is 0.463. The van der Waals surface area contributed by atoms with E-state index in [4.69, 9.17) is 4.99 Å². The molecule has 0 bridgehead atoms. The summed E-state index contributed by atoms with van der Waals surface area (Å²) >= 11 is 1.81. The third kappa shape index (κ3) is 4.14. The van der Waals surface area contributed by atoms with Gasteiger partial charge in [0.15, 0.2) is 5.96 Å². The molecule has 130 valence electrons. The third-order valence-corrected chi connectivity index (χ3v) is 5.60. The first-order valence-corrected chi connectivity index (χ1v) is 9.57. The molecule has 0 aromatic carbocycles. The zero-order valence-corrected chi connectivity index (χ0v) is 15.2. The lowest BCUT2D eigenvalue weighted by molar-refractivity contribution is 0.298. The van der Waals surface area contributed by atoms with E-state index in [9.17, 15) is 0 Å². The molecule has 2 N–H and O–H groups in total. The number of H-pyrrole nitrogens is 1. The summed E-state index contributed by atoms with van der Waals surface area (Å²) in [5.74, 6) is 3.00. The Labute approximate surface area is 147 Å². The molecule has 0 radical (unpaired) electrons. The highest BCUT2D eigenvalue weighted by Gasteiger charge is 2.24. The van der Waals surface area contributed by atoms with Crippen molar-refractivity contribution in [3.05, 3.63) is 34.5 Å². The molecule has 6 nitrogen and oxygen atoms in total. The molecule has 3 heterocycles. The van der Waals surface area contributed by atoms with Gasteiger partial charge in [0.1, 0.15) is 12.2 Å². The maximum atomic E-state index is 4.88. The highest BCUT2D eigenvalue weighted by atomic mass is 32.1. The Bertz CT molecular complexity index is 614. The summed E-state index contributed by atoms with van der Waals surface area (Å²) in [6.45, 7) is 8.10. The Kier molecular flexibility index (Phi) is 5.85. The summed E-state index contributed by atoms with van der Waals surface area (Å²) < 4.78 is 0. The molecular formula is C17H26N6S. The smallest absolute Gasteiger partial charge is 0.193 e. The number of aromatic nitrogens is 3. The van der Waals surface area contributed by atoms with Gasteiger partial charge in [0, 0.05) is 36.3 Å². The number of nitrogens with zero attached hydrogens (tertiary/aromatic N) is 4. The molecule has 1 saturated heterocycles. The highest BCUT2D eigenvalue weighted by molar-refractivity contribution is 7.10. The van der Waals surface area contributed by atoms with E-state index in [2.05, 4.69) is 56.8 Å². The van der Waals surface area contributed by atoms with Crippen molar-refractivity contribution >= 4 is 17.3 Å². The molecule has 1 aliphatic heterocycles. The Morgan fingerprint density at radius 3 is 2.96 bits per heavy atom. The number of thiophene rings is 1. The SMILES string of the molecule is CCNC(=NCC(C)c1cccs1)N1CCC(c2ncn[nH]2)CC1. The zero-order valence-electron chi connectivity index (χ0n) is 14.4. The number of likely N-dealkylation sites (tertiary alicyclic amines) is 1.